The van der Waals surface area contributed by atoms with Crippen molar-refractivity contribution in [1.82, 2.24) is 10.5 Å². The lowest BCUT2D eigenvalue weighted by molar-refractivity contribution is -0.0589. The molecule has 0 aliphatic rings. The number of anilines is 2. The Labute approximate surface area is 157 Å². The number of carbonyl (C=O) groups excluding carboxylic acids is 1. The second kappa shape index (κ2) is 8.09. The smallest absolute Gasteiger partial charge is 0.277 e. The van der Waals surface area contributed by atoms with Crippen molar-refractivity contribution < 1.29 is 31.6 Å². The van der Waals surface area contributed by atoms with E-state index in [0.717, 1.165) is 12.3 Å². The molecule has 28 heavy (non-hydrogen) atoms. The fraction of sp³-hybridized carbons (Fsp3) is 0.333. The molecule has 5 nitrogen and oxygen atoms in total. The molecule has 2 rings (SSSR count). The van der Waals surface area contributed by atoms with Crippen LogP contribution >= 0.6 is 0 Å². The molecule has 10 heteroatoms. The Balaban J connectivity index is 2.45. The third kappa shape index (κ3) is 4.94. The molecule has 2 N–H and O–H groups in total. The summed E-state index contributed by atoms with van der Waals surface area (Å²) in [7, 11) is 0. The summed E-state index contributed by atoms with van der Waals surface area (Å²) in [5.74, 6) is -6.21. The highest BCUT2D eigenvalue weighted by Gasteiger charge is 2.25. The zero-order valence-corrected chi connectivity index (χ0v) is 15.5. The molecular formula is C18H18F5N3O2. The number of nitrogens with zero attached hydrogens (tertiary/aromatic N) is 1. The fourth-order valence-corrected chi connectivity index (χ4v) is 2.12. The molecular weight excluding hydrogens is 385 g/mol. The summed E-state index contributed by atoms with van der Waals surface area (Å²) >= 11 is 0. The van der Waals surface area contributed by atoms with Crippen LogP contribution in [0.5, 0.6) is 0 Å². The Hall–Kier alpha value is -2.75. The van der Waals surface area contributed by atoms with Gasteiger partial charge in [0.25, 0.3) is 12.3 Å². The summed E-state index contributed by atoms with van der Waals surface area (Å²) in [6.45, 7) is 6.27. The predicted octanol–water partition coefficient (Wildman–Crippen LogP) is 4.95. The number of rotatable bonds is 5. The van der Waals surface area contributed by atoms with Crippen LogP contribution in [0, 0.1) is 24.4 Å². The largest absolute Gasteiger partial charge is 0.337 e. The average Bonchev–Trinajstić information content (AvgIpc) is 2.60. The molecule has 0 spiro atoms. The van der Waals surface area contributed by atoms with Gasteiger partial charge in [-0.25, -0.2) is 32.4 Å². The fourth-order valence-electron chi connectivity index (χ4n) is 2.12. The summed E-state index contributed by atoms with van der Waals surface area (Å²) < 4.78 is 67.2. The number of aryl methyl sites for hydroxylation is 1. The number of amides is 1. The summed E-state index contributed by atoms with van der Waals surface area (Å²) in [4.78, 5) is 21.1. The van der Waals surface area contributed by atoms with Crippen LogP contribution in [0.1, 0.15) is 48.7 Å². The molecule has 0 bridgehead atoms. The molecule has 0 unspecified atom stereocenters. The molecule has 0 fully saturated rings. The highest BCUT2D eigenvalue weighted by atomic mass is 19.3. The number of carbonyl (C=O) groups is 1. The predicted molar refractivity (Wildman–Crippen MR) is 91.8 cm³/mol. The van der Waals surface area contributed by atoms with E-state index in [0.29, 0.717) is 6.07 Å². The first-order valence-electron chi connectivity index (χ1n) is 8.08. The maximum Gasteiger partial charge on any atom is 0.277 e. The highest BCUT2D eigenvalue weighted by Crippen LogP contribution is 2.30. The van der Waals surface area contributed by atoms with Crippen LogP contribution in [-0.4, -0.2) is 16.5 Å². The van der Waals surface area contributed by atoms with Crippen LogP contribution in [0.3, 0.4) is 0 Å². The van der Waals surface area contributed by atoms with Crippen LogP contribution in [0.15, 0.2) is 18.3 Å². The Morgan fingerprint density at radius 2 is 1.79 bits per heavy atom. The first kappa shape index (κ1) is 21.5. The van der Waals surface area contributed by atoms with Crippen molar-refractivity contribution in [3.63, 3.8) is 0 Å². The van der Waals surface area contributed by atoms with E-state index >= 15 is 0 Å². The minimum Gasteiger partial charge on any atom is -0.337 e. The van der Waals surface area contributed by atoms with E-state index in [4.69, 9.17) is 4.84 Å². The maximum absolute atomic E-state index is 14.3. The number of pyridine rings is 1. The van der Waals surface area contributed by atoms with Crippen molar-refractivity contribution in [2.45, 2.75) is 39.7 Å². The van der Waals surface area contributed by atoms with Gasteiger partial charge in [0.15, 0.2) is 17.5 Å². The van der Waals surface area contributed by atoms with Gasteiger partial charge in [-0.15, -0.1) is 0 Å². The number of nitrogens with one attached hydrogen (secondary N) is 2. The van der Waals surface area contributed by atoms with E-state index in [-0.39, 0.29) is 16.9 Å². The van der Waals surface area contributed by atoms with Crippen molar-refractivity contribution in [3.8, 4) is 0 Å². The van der Waals surface area contributed by atoms with E-state index < -0.39 is 46.6 Å². The molecule has 2 aromatic rings. The second-order valence-electron chi connectivity index (χ2n) is 6.91. The molecule has 1 amide bonds. The number of halogens is 5. The first-order valence-corrected chi connectivity index (χ1v) is 8.08. The summed E-state index contributed by atoms with van der Waals surface area (Å²) in [5, 5.41) is 2.37. The van der Waals surface area contributed by atoms with Gasteiger partial charge in [0, 0.05) is 11.8 Å². The first-order chi connectivity index (χ1) is 12.9. The summed E-state index contributed by atoms with van der Waals surface area (Å²) in [6, 6.07) is 1.59. The number of hydroxylamine groups is 1. The van der Waals surface area contributed by atoms with Gasteiger partial charge in [-0.2, -0.15) is 0 Å². The number of benzene rings is 1. The van der Waals surface area contributed by atoms with Crippen molar-refractivity contribution in [1.29, 1.82) is 0 Å². The van der Waals surface area contributed by atoms with E-state index in [1.54, 1.807) is 20.8 Å². The third-order valence-electron chi connectivity index (χ3n) is 3.45. The van der Waals surface area contributed by atoms with Crippen LogP contribution in [0.4, 0.5) is 33.5 Å². The van der Waals surface area contributed by atoms with E-state index in [9.17, 15) is 26.7 Å². The third-order valence-corrected chi connectivity index (χ3v) is 3.45. The molecule has 0 atom stereocenters. The number of hydrogen-bond acceptors (Lipinski definition) is 4. The van der Waals surface area contributed by atoms with Crippen LogP contribution < -0.4 is 10.8 Å². The quantitative estimate of drug-likeness (QED) is 0.421. The molecule has 1 heterocycles. The van der Waals surface area contributed by atoms with Gasteiger partial charge in [-0.05, 0) is 45.4 Å². The van der Waals surface area contributed by atoms with Gasteiger partial charge >= 0.3 is 0 Å². The van der Waals surface area contributed by atoms with Crippen molar-refractivity contribution >= 4 is 17.4 Å². The van der Waals surface area contributed by atoms with E-state index in [1.165, 1.54) is 6.92 Å². The normalized spacial score (nSPS) is 11.6. The molecule has 0 aliphatic carbocycles. The minimum atomic E-state index is -2.77. The number of alkyl halides is 2. The number of aromatic nitrogens is 1. The van der Waals surface area contributed by atoms with Gasteiger partial charge in [-0.3, -0.25) is 9.63 Å². The standard InChI is InChI=1S/C18H18F5N3O2/c1-8-5-9(15(22)23)7-24-16(8)25-14-10(6-11(19)12(20)13(14)21)17(27)26-28-18(2,3)4/h5-7,15H,1-4H3,(H,24,25)(H,26,27). The van der Waals surface area contributed by atoms with Gasteiger partial charge in [-0.1, -0.05) is 0 Å². The lowest BCUT2D eigenvalue weighted by Gasteiger charge is -2.20. The average molecular weight is 403 g/mol. The lowest BCUT2D eigenvalue weighted by atomic mass is 10.1. The second-order valence-corrected chi connectivity index (χ2v) is 6.91. The van der Waals surface area contributed by atoms with Crippen molar-refractivity contribution in [2.24, 2.45) is 0 Å². The molecule has 0 radical (unpaired) electrons. The summed E-state index contributed by atoms with van der Waals surface area (Å²) in [6.07, 6.45) is -1.92. The minimum absolute atomic E-state index is 0.111. The Morgan fingerprint density at radius 3 is 2.32 bits per heavy atom. The molecule has 0 aliphatic heterocycles. The Morgan fingerprint density at radius 1 is 1.14 bits per heavy atom. The SMILES string of the molecule is Cc1cc(C(F)F)cnc1Nc1c(C(=O)NOC(C)(C)C)cc(F)c(F)c1F. The highest BCUT2D eigenvalue weighted by molar-refractivity contribution is 6.00. The zero-order valence-electron chi connectivity index (χ0n) is 15.5. The van der Waals surface area contributed by atoms with Crippen molar-refractivity contribution in [2.75, 3.05) is 5.32 Å². The number of hydrogen-bond donors (Lipinski definition) is 2. The Kier molecular flexibility index (Phi) is 6.23. The van der Waals surface area contributed by atoms with Gasteiger partial charge < -0.3 is 5.32 Å². The molecule has 1 aromatic heterocycles. The van der Waals surface area contributed by atoms with E-state index in [1.807, 2.05) is 5.48 Å². The van der Waals surface area contributed by atoms with Crippen LogP contribution in [0.2, 0.25) is 0 Å². The molecule has 0 saturated heterocycles. The van der Waals surface area contributed by atoms with E-state index in [2.05, 4.69) is 10.3 Å². The molecule has 0 saturated carbocycles. The monoisotopic (exact) mass is 403 g/mol. The topological polar surface area (TPSA) is 63.2 Å². The van der Waals surface area contributed by atoms with Gasteiger partial charge in [0.2, 0.25) is 0 Å². The van der Waals surface area contributed by atoms with Crippen molar-refractivity contribution in [3.05, 3.63) is 52.5 Å². The van der Waals surface area contributed by atoms with Crippen LogP contribution in [-0.2, 0) is 4.84 Å². The van der Waals surface area contributed by atoms with Gasteiger partial charge in [0.1, 0.15) is 5.82 Å². The maximum atomic E-state index is 14.3. The Bertz CT molecular complexity index is 898. The summed E-state index contributed by atoms with van der Waals surface area (Å²) in [5.41, 5.74) is -0.280. The van der Waals surface area contributed by atoms with Gasteiger partial charge in [0.05, 0.1) is 16.9 Å². The molecule has 152 valence electrons. The van der Waals surface area contributed by atoms with Crippen LogP contribution in [0.25, 0.3) is 0 Å². The lowest BCUT2D eigenvalue weighted by Crippen LogP contribution is -2.34. The molecule has 1 aromatic carbocycles. The zero-order chi connectivity index (χ0) is 21.2.